The molecular formula is C19H18N4O3S. The second-order valence-electron chi connectivity index (χ2n) is 6.33. The zero-order chi connectivity index (χ0) is 18.8. The highest BCUT2D eigenvalue weighted by Gasteiger charge is 2.27. The molecule has 0 aliphatic carbocycles. The highest BCUT2D eigenvalue weighted by molar-refractivity contribution is 7.20. The summed E-state index contributed by atoms with van der Waals surface area (Å²) in [6.45, 7) is 3.78. The largest absolute Gasteiger partial charge is 0.415 e. The highest BCUT2D eigenvalue weighted by Crippen LogP contribution is 2.24. The van der Waals surface area contributed by atoms with Crippen molar-refractivity contribution in [1.29, 1.82) is 0 Å². The first kappa shape index (κ1) is 17.4. The number of benzene rings is 1. The molecule has 0 spiro atoms. The first-order valence-electron chi connectivity index (χ1n) is 8.63. The maximum absolute atomic E-state index is 12.8. The number of aryl methyl sites for hydroxylation is 1. The van der Waals surface area contributed by atoms with E-state index in [0.717, 1.165) is 15.8 Å². The monoisotopic (exact) mass is 382 g/mol. The van der Waals surface area contributed by atoms with Crippen LogP contribution in [0.1, 0.15) is 15.4 Å². The SMILES string of the molecule is Cc1ccc2nc(C(=O)N3CCN(C(=O)Oc4cccnc4)CC3)sc2c1. The first-order chi connectivity index (χ1) is 13.1. The quantitative estimate of drug-likeness (QED) is 0.681. The number of hydrogen-bond acceptors (Lipinski definition) is 6. The highest BCUT2D eigenvalue weighted by atomic mass is 32.1. The Morgan fingerprint density at radius 2 is 1.89 bits per heavy atom. The lowest BCUT2D eigenvalue weighted by molar-refractivity contribution is 0.0633. The van der Waals surface area contributed by atoms with Gasteiger partial charge in [-0.1, -0.05) is 6.07 Å². The Morgan fingerprint density at radius 1 is 1.11 bits per heavy atom. The maximum Gasteiger partial charge on any atom is 0.415 e. The van der Waals surface area contributed by atoms with Gasteiger partial charge in [0.15, 0.2) is 10.8 Å². The molecule has 3 aromatic rings. The number of carbonyl (C=O) groups is 2. The average Bonchev–Trinajstić information content (AvgIpc) is 3.11. The fraction of sp³-hybridized carbons (Fsp3) is 0.263. The maximum atomic E-state index is 12.8. The van der Waals surface area contributed by atoms with Crippen LogP contribution in [0.3, 0.4) is 0 Å². The van der Waals surface area contributed by atoms with Crippen molar-refractivity contribution in [3.05, 3.63) is 53.3 Å². The number of hydrogen-bond donors (Lipinski definition) is 0. The van der Waals surface area contributed by atoms with Crippen LogP contribution in [0.5, 0.6) is 5.75 Å². The molecule has 138 valence electrons. The molecule has 2 aromatic heterocycles. The van der Waals surface area contributed by atoms with Crippen molar-refractivity contribution in [2.45, 2.75) is 6.92 Å². The molecule has 0 bridgehead atoms. The number of pyridine rings is 1. The van der Waals surface area contributed by atoms with E-state index >= 15 is 0 Å². The molecule has 1 aliphatic rings. The van der Waals surface area contributed by atoms with Gasteiger partial charge in [0.2, 0.25) is 0 Å². The summed E-state index contributed by atoms with van der Waals surface area (Å²) in [5, 5.41) is 0.488. The Bertz CT molecular complexity index is 981. The molecule has 1 aromatic carbocycles. The standard InChI is InChI=1S/C19H18N4O3S/c1-13-4-5-15-16(11-13)27-17(21-15)18(24)22-7-9-23(10-8-22)19(25)26-14-3-2-6-20-12-14/h2-6,11-12H,7-10H2,1H3. The Hall–Kier alpha value is -3.00. The molecule has 0 atom stereocenters. The smallest absolute Gasteiger partial charge is 0.409 e. The number of fused-ring (bicyclic) bond motifs is 1. The summed E-state index contributed by atoms with van der Waals surface area (Å²) in [4.78, 5) is 36.7. The fourth-order valence-corrected chi connectivity index (χ4v) is 3.96. The van der Waals surface area contributed by atoms with Crippen LogP contribution in [-0.4, -0.2) is 57.9 Å². The van der Waals surface area contributed by atoms with E-state index in [2.05, 4.69) is 9.97 Å². The summed E-state index contributed by atoms with van der Waals surface area (Å²) in [6, 6.07) is 9.35. The third-order valence-corrected chi connectivity index (χ3v) is 5.40. The van der Waals surface area contributed by atoms with Gasteiger partial charge in [-0.3, -0.25) is 9.78 Å². The van der Waals surface area contributed by atoms with Gasteiger partial charge in [-0.05, 0) is 36.8 Å². The second kappa shape index (κ2) is 7.32. The summed E-state index contributed by atoms with van der Waals surface area (Å²) >= 11 is 1.41. The van der Waals surface area contributed by atoms with Gasteiger partial charge in [-0.2, -0.15) is 0 Å². The zero-order valence-electron chi connectivity index (χ0n) is 14.8. The molecular weight excluding hydrogens is 364 g/mol. The number of amides is 2. The summed E-state index contributed by atoms with van der Waals surface area (Å²) in [6.07, 6.45) is 2.68. The summed E-state index contributed by atoms with van der Waals surface area (Å²) in [7, 11) is 0. The van der Waals surface area contributed by atoms with Gasteiger partial charge >= 0.3 is 6.09 Å². The van der Waals surface area contributed by atoms with Crippen molar-refractivity contribution >= 4 is 33.6 Å². The van der Waals surface area contributed by atoms with Crippen LogP contribution in [0, 0.1) is 6.92 Å². The van der Waals surface area contributed by atoms with E-state index in [9.17, 15) is 9.59 Å². The van der Waals surface area contributed by atoms with Crippen molar-refractivity contribution < 1.29 is 14.3 Å². The van der Waals surface area contributed by atoms with Gasteiger partial charge in [0, 0.05) is 32.4 Å². The number of aromatic nitrogens is 2. The predicted octanol–water partition coefficient (Wildman–Crippen LogP) is 2.96. The van der Waals surface area contributed by atoms with Crippen LogP contribution in [0.15, 0.2) is 42.7 Å². The predicted molar refractivity (Wildman–Crippen MR) is 102 cm³/mol. The molecule has 3 heterocycles. The second-order valence-corrected chi connectivity index (χ2v) is 7.36. The van der Waals surface area contributed by atoms with E-state index in [1.807, 2.05) is 25.1 Å². The van der Waals surface area contributed by atoms with Crippen LogP contribution < -0.4 is 4.74 Å². The lowest BCUT2D eigenvalue weighted by atomic mass is 10.2. The third-order valence-electron chi connectivity index (χ3n) is 4.39. The molecule has 8 heteroatoms. The van der Waals surface area contributed by atoms with Crippen LogP contribution in [-0.2, 0) is 0 Å². The number of nitrogens with zero attached hydrogens (tertiary/aromatic N) is 4. The van der Waals surface area contributed by atoms with Crippen LogP contribution in [0.4, 0.5) is 4.79 Å². The molecule has 4 rings (SSSR count). The molecule has 1 saturated heterocycles. The molecule has 1 aliphatic heterocycles. The van der Waals surface area contributed by atoms with Crippen molar-refractivity contribution in [3.8, 4) is 5.75 Å². The molecule has 0 radical (unpaired) electrons. The number of piperazine rings is 1. The number of ether oxygens (including phenoxy) is 1. The Balaban J connectivity index is 1.38. The van der Waals surface area contributed by atoms with Gasteiger partial charge in [0.25, 0.3) is 5.91 Å². The van der Waals surface area contributed by atoms with Gasteiger partial charge in [-0.15, -0.1) is 11.3 Å². The Labute approximate surface area is 160 Å². The average molecular weight is 382 g/mol. The molecule has 0 N–H and O–H groups in total. The molecule has 0 unspecified atom stereocenters. The minimum atomic E-state index is -0.425. The van der Waals surface area contributed by atoms with Crippen molar-refractivity contribution in [3.63, 3.8) is 0 Å². The topological polar surface area (TPSA) is 75.6 Å². The Kier molecular flexibility index (Phi) is 4.72. The van der Waals surface area contributed by atoms with E-state index < -0.39 is 6.09 Å². The number of rotatable bonds is 2. The number of thiazole rings is 1. The normalized spacial score (nSPS) is 14.4. The molecule has 27 heavy (non-hydrogen) atoms. The van der Waals surface area contributed by atoms with Gasteiger partial charge in [0.05, 0.1) is 16.4 Å². The van der Waals surface area contributed by atoms with E-state index in [0.29, 0.717) is 36.9 Å². The van der Waals surface area contributed by atoms with Crippen LogP contribution in [0.25, 0.3) is 10.2 Å². The van der Waals surface area contributed by atoms with E-state index in [4.69, 9.17) is 4.74 Å². The van der Waals surface area contributed by atoms with Crippen molar-refractivity contribution in [1.82, 2.24) is 19.8 Å². The van der Waals surface area contributed by atoms with Crippen molar-refractivity contribution in [2.24, 2.45) is 0 Å². The van der Waals surface area contributed by atoms with E-state index in [1.165, 1.54) is 17.5 Å². The summed E-state index contributed by atoms with van der Waals surface area (Å²) in [5.41, 5.74) is 1.98. The molecule has 2 amide bonds. The summed E-state index contributed by atoms with van der Waals surface area (Å²) in [5.74, 6) is 0.319. The van der Waals surface area contributed by atoms with Gasteiger partial charge in [0.1, 0.15) is 0 Å². The third kappa shape index (κ3) is 3.75. The zero-order valence-corrected chi connectivity index (χ0v) is 15.6. The van der Waals surface area contributed by atoms with E-state index in [-0.39, 0.29) is 5.91 Å². The van der Waals surface area contributed by atoms with Crippen LogP contribution >= 0.6 is 11.3 Å². The minimum absolute atomic E-state index is 0.0888. The lowest BCUT2D eigenvalue weighted by Crippen LogP contribution is -2.51. The number of carbonyl (C=O) groups excluding carboxylic acids is 2. The minimum Gasteiger partial charge on any atom is -0.409 e. The fourth-order valence-electron chi connectivity index (χ4n) is 2.92. The Morgan fingerprint density at radius 3 is 2.63 bits per heavy atom. The molecule has 7 nitrogen and oxygen atoms in total. The summed E-state index contributed by atoms with van der Waals surface area (Å²) < 4.78 is 6.31. The molecule has 1 fully saturated rings. The van der Waals surface area contributed by atoms with Gasteiger partial charge in [-0.25, -0.2) is 9.78 Å². The lowest BCUT2D eigenvalue weighted by Gasteiger charge is -2.33. The van der Waals surface area contributed by atoms with E-state index in [1.54, 1.807) is 28.1 Å². The van der Waals surface area contributed by atoms with Crippen molar-refractivity contribution in [2.75, 3.05) is 26.2 Å². The van der Waals surface area contributed by atoms with Gasteiger partial charge < -0.3 is 14.5 Å². The van der Waals surface area contributed by atoms with Crippen LogP contribution in [0.2, 0.25) is 0 Å². The molecule has 0 saturated carbocycles. The first-order valence-corrected chi connectivity index (χ1v) is 9.45.